The Morgan fingerprint density at radius 2 is 1.68 bits per heavy atom. The molecule has 0 spiro atoms. The molecule has 2 heterocycles. The largest absolute Gasteiger partial charge is 0.378 e. The van der Waals surface area contributed by atoms with Crippen LogP contribution >= 0.6 is 0 Å². The lowest BCUT2D eigenvalue weighted by Gasteiger charge is -2.39. The Bertz CT molecular complexity index is 547. The molecule has 2 unspecified atom stereocenters. The van der Waals surface area contributed by atoms with Gasteiger partial charge < -0.3 is 9.64 Å². The number of allylic oxidation sites excluding steroid dienone is 2. The quantitative estimate of drug-likeness (QED) is 0.737. The number of carbonyl (C=O) groups is 2. The van der Waals surface area contributed by atoms with Crippen molar-refractivity contribution in [2.45, 2.75) is 63.8 Å². The van der Waals surface area contributed by atoms with Crippen LogP contribution in [-0.4, -0.2) is 54.0 Å². The monoisotopic (exact) mass is 346 g/mol. The number of likely N-dealkylation sites (tertiary alicyclic amines) is 1. The van der Waals surface area contributed by atoms with Gasteiger partial charge in [0, 0.05) is 37.2 Å². The zero-order valence-electron chi connectivity index (χ0n) is 15.1. The topological polar surface area (TPSA) is 49.9 Å². The number of amides is 2. The van der Waals surface area contributed by atoms with E-state index in [9.17, 15) is 9.59 Å². The summed E-state index contributed by atoms with van der Waals surface area (Å²) >= 11 is 0. The maximum Gasteiger partial charge on any atom is 0.233 e. The lowest BCUT2D eigenvalue weighted by molar-refractivity contribution is -0.143. The summed E-state index contributed by atoms with van der Waals surface area (Å²) in [5.74, 6) is 0.275. The van der Waals surface area contributed by atoms with E-state index in [2.05, 4.69) is 11.0 Å². The average molecular weight is 346 g/mol. The Labute approximate surface area is 150 Å². The van der Waals surface area contributed by atoms with Crippen molar-refractivity contribution >= 4 is 11.8 Å². The molecule has 2 saturated heterocycles. The highest BCUT2D eigenvalue weighted by molar-refractivity contribution is 6.04. The van der Waals surface area contributed by atoms with Crippen LogP contribution in [0.25, 0.3) is 0 Å². The Morgan fingerprint density at radius 3 is 2.44 bits per heavy atom. The van der Waals surface area contributed by atoms with Gasteiger partial charge in [-0.15, -0.1) is 0 Å². The van der Waals surface area contributed by atoms with Crippen molar-refractivity contribution in [3.8, 4) is 0 Å². The van der Waals surface area contributed by atoms with E-state index in [-0.39, 0.29) is 29.7 Å². The van der Waals surface area contributed by atoms with Crippen molar-refractivity contribution in [2.75, 3.05) is 26.3 Å². The first-order valence-electron chi connectivity index (χ1n) is 10.1. The molecule has 5 heteroatoms. The van der Waals surface area contributed by atoms with Crippen molar-refractivity contribution in [1.82, 2.24) is 9.80 Å². The Hall–Kier alpha value is -1.36. The third-order valence-electron chi connectivity index (χ3n) is 6.47. The highest BCUT2D eigenvalue weighted by Crippen LogP contribution is 2.40. The van der Waals surface area contributed by atoms with E-state index in [1.54, 1.807) is 4.90 Å². The molecule has 2 aliphatic carbocycles. The molecule has 1 saturated carbocycles. The summed E-state index contributed by atoms with van der Waals surface area (Å²) in [5, 5.41) is 0. The second-order valence-electron chi connectivity index (χ2n) is 7.97. The number of morpholine rings is 1. The van der Waals surface area contributed by atoms with Crippen LogP contribution in [0, 0.1) is 11.8 Å². The minimum Gasteiger partial charge on any atom is -0.378 e. The van der Waals surface area contributed by atoms with Crippen LogP contribution in [0.2, 0.25) is 0 Å². The lowest BCUT2D eigenvalue weighted by atomic mass is 9.80. The first kappa shape index (κ1) is 17.1. The van der Waals surface area contributed by atoms with E-state index in [0.717, 1.165) is 71.2 Å². The fourth-order valence-electron chi connectivity index (χ4n) is 5.19. The van der Waals surface area contributed by atoms with Crippen molar-refractivity contribution in [1.29, 1.82) is 0 Å². The van der Waals surface area contributed by atoms with Gasteiger partial charge in [0.15, 0.2) is 0 Å². The molecule has 0 aromatic rings. The maximum absolute atomic E-state index is 13.2. The fraction of sp³-hybridized carbons (Fsp3) is 0.800. The molecular weight excluding hydrogens is 316 g/mol. The molecule has 0 aromatic heterocycles. The second-order valence-corrected chi connectivity index (χ2v) is 7.97. The molecule has 2 aliphatic heterocycles. The van der Waals surface area contributed by atoms with Crippen molar-refractivity contribution < 1.29 is 14.3 Å². The maximum atomic E-state index is 13.2. The van der Waals surface area contributed by atoms with Gasteiger partial charge in [-0.3, -0.25) is 14.5 Å². The van der Waals surface area contributed by atoms with Crippen LogP contribution < -0.4 is 0 Å². The van der Waals surface area contributed by atoms with Crippen LogP contribution in [0.4, 0.5) is 0 Å². The number of rotatable bonds is 3. The molecule has 4 aliphatic rings. The van der Waals surface area contributed by atoms with Gasteiger partial charge >= 0.3 is 0 Å². The first-order chi connectivity index (χ1) is 12.3. The van der Waals surface area contributed by atoms with Gasteiger partial charge in [0.25, 0.3) is 0 Å². The summed E-state index contributed by atoms with van der Waals surface area (Å²) < 4.78 is 5.49. The van der Waals surface area contributed by atoms with Crippen LogP contribution in [0.3, 0.4) is 0 Å². The fourth-order valence-corrected chi connectivity index (χ4v) is 5.19. The summed E-state index contributed by atoms with van der Waals surface area (Å²) in [7, 11) is 0. The normalized spacial score (nSPS) is 32.2. The molecule has 25 heavy (non-hydrogen) atoms. The van der Waals surface area contributed by atoms with E-state index in [4.69, 9.17) is 4.74 Å². The molecule has 0 radical (unpaired) electrons. The minimum atomic E-state index is -0.135. The van der Waals surface area contributed by atoms with Crippen molar-refractivity contribution in [3.63, 3.8) is 0 Å². The molecule has 138 valence electrons. The molecule has 2 amide bonds. The van der Waals surface area contributed by atoms with Gasteiger partial charge in [0.2, 0.25) is 11.8 Å². The SMILES string of the molecule is O=C1CC(C2CCCC=C2N2CCOCC2)C(=O)N1C1CCCCC1. The Morgan fingerprint density at radius 1 is 0.920 bits per heavy atom. The molecule has 2 atom stereocenters. The molecule has 4 rings (SSSR count). The highest BCUT2D eigenvalue weighted by Gasteiger charge is 2.47. The van der Waals surface area contributed by atoms with Gasteiger partial charge in [0.05, 0.1) is 19.1 Å². The standard InChI is InChI=1S/C20H30N2O3/c23-19-14-17(20(24)22(19)15-6-2-1-3-7-15)16-8-4-5-9-18(16)21-10-12-25-13-11-21/h9,15-17H,1-8,10-14H2. The van der Waals surface area contributed by atoms with E-state index < -0.39 is 0 Å². The van der Waals surface area contributed by atoms with Gasteiger partial charge in [0.1, 0.15) is 0 Å². The number of imide groups is 1. The number of ether oxygens (including phenoxy) is 1. The summed E-state index contributed by atoms with van der Waals surface area (Å²) in [4.78, 5) is 29.9. The van der Waals surface area contributed by atoms with Gasteiger partial charge in [-0.25, -0.2) is 0 Å². The predicted octanol–water partition coefficient (Wildman–Crippen LogP) is 2.71. The van der Waals surface area contributed by atoms with Crippen LogP contribution in [-0.2, 0) is 14.3 Å². The summed E-state index contributed by atoms with van der Waals surface area (Å²) in [5.41, 5.74) is 1.31. The van der Waals surface area contributed by atoms with Crippen LogP contribution in [0.1, 0.15) is 57.8 Å². The molecule has 3 fully saturated rings. The predicted molar refractivity (Wildman–Crippen MR) is 94.6 cm³/mol. The van der Waals surface area contributed by atoms with Crippen molar-refractivity contribution in [3.05, 3.63) is 11.8 Å². The molecule has 0 aromatic carbocycles. The van der Waals surface area contributed by atoms with Gasteiger partial charge in [-0.1, -0.05) is 25.3 Å². The molecule has 0 N–H and O–H groups in total. The average Bonchev–Trinajstić information content (AvgIpc) is 2.97. The summed E-state index contributed by atoms with van der Waals surface area (Å²) in [6.45, 7) is 3.33. The van der Waals surface area contributed by atoms with E-state index >= 15 is 0 Å². The van der Waals surface area contributed by atoms with Crippen LogP contribution in [0.5, 0.6) is 0 Å². The second kappa shape index (κ2) is 7.48. The third kappa shape index (κ3) is 3.35. The zero-order chi connectivity index (χ0) is 17.2. The number of nitrogens with zero attached hydrogens (tertiary/aromatic N) is 2. The Balaban J connectivity index is 1.51. The van der Waals surface area contributed by atoms with E-state index in [0.29, 0.717) is 6.42 Å². The molecule has 5 nitrogen and oxygen atoms in total. The van der Waals surface area contributed by atoms with Crippen molar-refractivity contribution in [2.24, 2.45) is 11.8 Å². The number of carbonyl (C=O) groups excluding carboxylic acids is 2. The van der Waals surface area contributed by atoms with Gasteiger partial charge in [-0.05, 0) is 32.1 Å². The summed E-state index contributed by atoms with van der Waals surface area (Å²) in [6, 6.07) is 0.165. The highest BCUT2D eigenvalue weighted by atomic mass is 16.5. The first-order valence-corrected chi connectivity index (χ1v) is 10.1. The lowest BCUT2D eigenvalue weighted by Crippen LogP contribution is -2.44. The number of hydrogen-bond donors (Lipinski definition) is 0. The van der Waals surface area contributed by atoms with Gasteiger partial charge in [-0.2, -0.15) is 0 Å². The molecular formula is C20H30N2O3. The van der Waals surface area contributed by atoms with E-state index in [1.165, 1.54) is 12.1 Å². The van der Waals surface area contributed by atoms with Crippen LogP contribution in [0.15, 0.2) is 11.8 Å². The third-order valence-corrected chi connectivity index (χ3v) is 6.47. The minimum absolute atomic E-state index is 0.0776. The van der Waals surface area contributed by atoms with E-state index in [1.807, 2.05) is 0 Å². The smallest absolute Gasteiger partial charge is 0.233 e. The number of hydrogen-bond acceptors (Lipinski definition) is 4. The molecule has 0 bridgehead atoms. The zero-order valence-corrected chi connectivity index (χ0v) is 15.1. The summed E-state index contributed by atoms with van der Waals surface area (Å²) in [6.07, 6.45) is 11.5. The Kier molecular flexibility index (Phi) is 5.11.